The van der Waals surface area contributed by atoms with E-state index in [0.717, 1.165) is 12.0 Å². The van der Waals surface area contributed by atoms with Crippen LogP contribution < -0.4 is 14.8 Å². The van der Waals surface area contributed by atoms with Crippen LogP contribution in [0.4, 0.5) is 5.13 Å². The van der Waals surface area contributed by atoms with Gasteiger partial charge in [-0.1, -0.05) is 19.9 Å². The van der Waals surface area contributed by atoms with E-state index >= 15 is 0 Å². The van der Waals surface area contributed by atoms with Crippen molar-refractivity contribution in [1.82, 2.24) is 4.98 Å². The Balaban J connectivity index is 1.97. The zero-order valence-electron chi connectivity index (χ0n) is 14.1. The highest BCUT2D eigenvalue weighted by molar-refractivity contribution is 7.13. The van der Waals surface area contributed by atoms with Crippen LogP contribution in [0.5, 0.6) is 11.5 Å². The summed E-state index contributed by atoms with van der Waals surface area (Å²) in [6.45, 7) is 4.97. The van der Waals surface area contributed by atoms with Gasteiger partial charge < -0.3 is 9.47 Å². The number of anilines is 1. The Morgan fingerprint density at radius 3 is 2.88 bits per heavy atom. The lowest BCUT2D eigenvalue weighted by Crippen LogP contribution is -2.07. The second-order valence-corrected chi connectivity index (χ2v) is 6.50. The van der Waals surface area contributed by atoms with Gasteiger partial charge in [0.15, 0.2) is 16.6 Å². The van der Waals surface area contributed by atoms with Crippen LogP contribution in [0.25, 0.3) is 6.08 Å². The molecule has 0 aliphatic heterocycles. The van der Waals surface area contributed by atoms with E-state index in [1.165, 1.54) is 17.4 Å². The summed E-state index contributed by atoms with van der Waals surface area (Å²) in [5.41, 5.74) is 0.859. The molecule has 0 aliphatic carbocycles. The molecule has 6 heteroatoms. The molecule has 0 saturated heterocycles. The van der Waals surface area contributed by atoms with Gasteiger partial charge in [0.05, 0.1) is 13.7 Å². The first kappa shape index (κ1) is 18.0. The lowest BCUT2D eigenvalue weighted by Gasteiger charge is -2.12. The molecular formula is C18H22N2O3S. The zero-order valence-corrected chi connectivity index (χ0v) is 14.9. The first-order valence-electron chi connectivity index (χ1n) is 7.78. The largest absolute Gasteiger partial charge is 0.493 e. The third-order valence-corrected chi connectivity index (χ3v) is 3.92. The first-order chi connectivity index (χ1) is 11.6. The Kier molecular flexibility index (Phi) is 6.81. The van der Waals surface area contributed by atoms with Crippen LogP contribution in [0, 0.1) is 5.92 Å². The van der Waals surface area contributed by atoms with Crippen LogP contribution in [0.1, 0.15) is 25.8 Å². The van der Waals surface area contributed by atoms with Crippen molar-refractivity contribution in [2.75, 3.05) is 19.0 Å². The van der Waals surface area contributed by atoms with Crippen molar-refractivity contribution in [2.45, 2.75) is 20.3 Å². The summed E-state index contributed by atoms with van der Waals surface area (Å²) in [6.07, 6.45) is 5.83. The van der Waals surface area contributed by atoms with Crippen molar-refractivity contribution in [3.05, 3.63) is 41.4 Å². The van der Waals surface area contributed by atoms with Crippen molar-refractivity contribution in [1.29, 1.82) is 0 Å². The van der Waals surface area contributed by atoms with Crippen LogP contribution in [0.15, 0.2) is 35.9 Å². The van der Waals surface area contributed by atoms with Crippen molar-refractivity contribution < 1.29 is 14.3 Å². The van der Waals surface area contributed by atoms with Crippen molar-refractivity contribution in [3.8, 4) is 11.5 Å². The molecule has 1 aromatic carbocycles. The summed E-state index contributed by atoms with van der Waals surface area (Å²) in [7, 11) is 1.60. The van der Waals surface area contributed by atoms with E-state index in [1.54, 1.807) is 19.4 Å². The molecule has 5 nitrogen and oxygen atoms in total. The fourth-order valence-corrected chi connectivity index (χ4v) is 2.45. The molecule has 0 saturated carbocycles. The molecule has 0 bridgehead atoms. The number of aromatic nitrogens is 1. The van der Waals surface area contributed by atoms with Gasteiger partial charge in [-0.25, -0.2) is 4.98 Å². The van der Waals surface area contributed by atoms with Crippen LogP contribution >= 0.6 is 11.3 Å². The molecule has 0 unspecified atom stereocenters. The van der Waals surface area contributed by atoms with Gasteiger partial charge in [0, 0.05) is 17.7 Å². The Bertz CT molecular complexity index is 682. The summed E-state index contributed by atoms with van der Waals surface area (Å²) < 4.78 is 11.1. The summed E-state index contributed by atoms with van der Waals surface area (Å²) in [5.74, 6) is 1.74. The van der Waals surface area contributed by atoms with Crippen molar-refractivity contribution in [2.24, 2.45) is 5.92 Å². The van der Waals surface area contributed by atoms with Gasteiger partial charge in [-0.2, -0.15) is 0 Å². The smallest absolute Gasteiger partial charge is 0.250 e. The Hall–Kier alpha value is -2.34. The second kappa shape index (κ2) is 9.08. The van der Waals surface area contributed by atoms with E-state index in [-0.39, 0.29) is 5.91 Å². The maximum absolute atomic E-state index is 11.8. The van der Waals surface area contributed by atoms with Gasteiger partial charge in [0.25, 0.3) is 0 Å². The van der Waals surface area contributed by atoms with Gasteiger partial charge in [0.2, 0.25) is 5.91 Å². The summed E-state index contributed by atoms with van der Waals surface area (Å²) in [5, 5.41) is 5.08. The number of carbonyl (C=O) groups is 1. The van der Waals surface area contributed by atoms with Crippen LogP contribution in [0.3, 0.4) is 0 Å². The molecule has 2 aromatic rings. The standard InChI is InChI=1S/C18H22N2O3S/c1-13(2)8-10-23-15-6-4-14(12-16(15)22-3)5-7-17(21)20-18-19-9-11-24-18/h4-7,9,11-13H,8,10H2,1-3H3,(H,19,20,21)/b7-5+. The summed E-state index contributed by atoms with van der Waals surface area (Å²) >= 11 is 1.38. The summed E-state index contributed by atoms with van der Waals surface area (Å²) in [6, 6.07) is 5.59. The molecule has 24 heavy (non-hydrogen) atoms. The number of nitrogens with zero attached hydrogens (tertiary/aromatic N) is 1. The average Bonchev–Trinajstić information content (AvgIpc) is 3.06. The number of benzene rings is 1. The molecule has 128 valence electrons. The maximum Gasteiger partial charge on any atom is 0.250 e. The quantitative estimate of drug-likeness (QED) is 0.727. The Morgan fingerprint density at radius 1 is 1.38 bits per heavy atom. The lowest BCUT2D eigenvalue weighted by molar-refractivity contribution is -0.111. The minimum atomic E-state index is -0.221. The predicted octanol–water partition coefficient (Wildman–Crippen LogP) is 4.23. The number of thiazole rings is 1. The van der Waals surface area contributed by atoms with Gasteiger partial charge in [-0.3, -0.25) is 10.1 Å². The Morgan fingerprint density at radius 2 is 2.21 bits per heavy atom. The SMILES string of the molecule is COc1cc(/C=C/C(=O)Nc2nccs2)ccc1OCCC(C)C. The van der Waals surface area contributed by atoms with E-state index in [1.807, 2.05) is 23.6 Å². The molecule has 0 aliphatic rings. The fraction of sp³-hybridized carbons (Fsp3) is 0.333. The van der Waals surface area contributed by atoms with E-state index in [2.05, 4.69) is 24.1 Å². The molecule has 0 atom stereocenters. The van der Waals surface area contributed by atoms with Crippen LogP contribution in [-0.4, -0.2) is 24.6 Å². The topological polar surface area (TPSA) is 60.5 Å². The summed E-state index contributed by atoms with van der Waals surface area (Å²) in [4.78, 5) is 15.8. The maximum atomic E-state index is 11.8. The Labute approximate surface area is 146 Å². The molecule has 1 N–H and O–H groups in total. The number of carbonyl (C=O) groups excluding carboxylic acids is 1. The number of ether oxygens (including phenoxy) is 2. The molecular weight excluding hydrogens is 324 g/mol. The molecule has 2 rings (SSSR count). The molecule has 1 aromatic heterocycles. The van der Waals surface area contributed by atoms with Crippen molar-refractivity contribution >= 4 is 28.5 Å². The second-order valence-electron chi connectivity index (χ2n) is 5.60. The molecule has 0 radical (unpaired) electrons. The third kappa shape index (κ3) is 5.70. The molecule has 1 amide bonds. The highest BCUT2D eigenvalue weighted by atomic mass is 32.1. The normalized spacial score (nSPS) is 11.0. The highest BCUT2D eigenvalue weighted by Gasteiger charge is 2.06. The number of nitrogens with one attached hydrogen (secondary N) is 1. The lowest BCUT2D eigenvalue weighted by atomic mass is 10.1. The number of methoxy groups -OCH3 is 1. The van der Waals surface area contributed by atoms with Gasteiger partial charge >= 0.3 is 0 Å². The fourth-order valence-electron chi connectivity index (χ4n) is 1.92. The van der Waals surface area contributed by atoms with Gasteiger partial charge in [0.1, 0.15) is 0 Å². The number of hydrogen-bond acceptors (Lipinski definition) is 5. The zero-order chi connectivity index (χ0) is 17.4. The third-order valence-electron chi connectivity index (χ3n) is 3.23. The molecule has 0 spiro atoms. The van der Waals surface area contributed by atoms with Crippen molar-refractivity contribution in [3.63, 3.8) is 0 Å². The van der Waals surface area contributed by atoms with E-state index in [9.17, 15) is 4.79 Å². The molecule has 0 fully saturated rings. The number of rotatable bonds is 8. The number of amides is 1. The minimum absolute atomic E-state index is 0.221. The van der Waals surface area contributed by atoms with Crippen LogP contribution in [-0.2, 0) is 4.79 Å². The predicted molar refractivity (Wildman–Crippen MR) is 97.7 cm³/mol. The van der Waals surface area contributed by atoms with E-state index < -0.39 is 0 Å². The average molecular weight is 346 g/mol. The molecule has 1 heterocycles. The van der Waals surface area contributed by atoms with E-state index in [0.29, 0.717) is 29.2 Å². The van der Waals surface area contributed by atoms with E-state index in [4.69, 9.17) is 9.47 Å². The first-order valence-corrected chi connectivity index (χ1v) is 8.66. The minimum Gasteiger partial charge on any atom is -0.493 e. The highest BCUT2D eigenvalue weighted by Crippen LogP contribution is 2.29. The number of hydrogen-bond donors (Lipinski definition) is 1. The van der Waals surface area contributed by atoms with Gasteiger partial charge in [-0.05, 0) is 36.1 Å². The van der Waals surface area contributed by atoms with Gasteiger partial charge in [-0.15, -0.1) is 11.3 Å². The monoisotopic (exact) mass is 346 g/mol. The van der Waals surface area contributed by atoms with Crippen LogP contribution in [0.2, 0.25) is 0 Å².